The molecule has 0 bridgehead atoms. The van der Waals surface area contributed by atoms with Gasteiger partial charge in [-0.3, -0.25) is 0 Å². The quantitative estimate of drug-likeness (QED) is 0.409. The lowest BCUT2D eigenvalue weighted by Gasteiger charge is -2.11. The molecule has 0 saturated carbocycles. The molecule has 6 heteroatoms. The van der Waals surface area contributed by atoms with E-state index in [2.05, 4.69) is 58.9 Å². The first kappa shape index (κ1) is 20.5. The fraction of sp³-hybridized carbons (Fsp3) is 0.444. The molecule has 0 aliphatic rings. The van der Waals surface area contributed by atoms with Gasteiger partial charge < -0.3 is 15.2 Å². The topological polar surface area (TPSA) is 62.5 Å². The number of rotatable bonds is 6. The van der Waals surface area contributed by atoms with Crippen molar-refractivity contribution >= 4 is 29.9 Å². The number of hydrogen-bond donors (Lipinski definition) is 2. The van der Waals surface area contributed by atoms with Crippen LogP contribution in [0.25, 0.3) is 0 Å². The average Bonchev–Trinajstić information content (AvgIpc) is 2.85. The van der Waals surface area contributed by atoms with Gasteiger partial charge in [0.25, 0.3) is 0 Å². The van der Waals surface area contributed by atoms with E-state index in [1.807, 2.05) is 13.8 Å². The summed E-state index contributed by atoms with van der Waals surface area (Å²) in [5.74, 6) is 1.73. The molecule has 0 saturated heterocycles. The highest BCUT2D eigenvalue weighted by molar-refractivity contribution is 14.0. The summed E-state index contributed by atoms with van der Waals surface area (Å²) in [6.07, 6.45) is 0.871. The molecule has 5 nitrogen and oxygen atoms in total. The van der Waals surface area contributed by atoms with Crippen molar-refractivity contribution in [3.05, 3.63) is 52.4 Å². The van der Waals surface area contributed by atoms with Crippen LogP contribution in [0.15, 0.2) is 33.8 Å². The van der Waals surface area contributed by atoms with Crippen molar-refractivity contribution in [3.63, 3.8) is 0 Å². The molecule has 1 aromatic carbocycles. The van der Waals surface area contributed by atoms with Crippen molar-refractivity contribution in [2.75, 3.05) is 13.1 Å². The summed E-state index contributed by atoms with van der Waals surface area (Å²) in [7, 11) is 0. The second-order valence-electron chi connectivity index (χ2n) is 5.60. The van der Waals surface area contributed by atoms with Gasteiger partial charge in [-0.25, -0.2) is 4.99 Å². The minimum Gasteiger partial charge on any atom is -0.361 e. The van der Waals surface area contributed by atoms with E-state index in [1.54, 1.807) is 0 Å². The van der Waals surface area contributed by atoms with Crippen LogP contribution in [-0.4, -0.2) is 24.2 Å². The van der Waals surface area contributed by atoms with Gasteiger partial charge in [0.15, 0.2) is 5.96 Å². The number of nitrogens with one attached hydrogen (secondary N) is 2. The largest absolute Gasteiger partial charge is 0.361 e. The molecule has 132 valence electrons. The Morgan fingerprint density at radius 1 is 1.17 bits per heavy atom. The molecular formula is C18H27IN4O. The molecule has 0 aliphatic carbocycles. The Labute approximate surface area is 161 Å². The van der Waals surface area contributed by atoms with Gasteiger partial charge in [-0.15, -0.1) is 24.0 Å². The predicted octanol–water partition coefficient (Wildman–Crippen LogP) is 3.52. The number of aryl methyl sites for hydroxylation is 3. The van der Waals surface area contributed by atoms with E-state index in [4.69, 9.17) is 4.52 Å². The summed E-state index contributed by atoms with van der Waals surface area (Å²) in [4.78, 5) is 4.66. The van der Waals surface area contributed by atoms with Crippen LogP contribution < -0.4 is 10.6 Å². The van der Waals surface area contributed by atoms with Gasteiger partial charge in [0.2, 0.25) is 0 Å². The lowest BCUT2D eigenvalue weighted by atomic mass is 10.1. The average molecular weight is 442 g/mol. The molecule has 1 heterocycles. The van der Waals surface area contributed by atoms with Crippen molar-refractivity contribution in [3.8, 4) is 0 Å². The molecule has 2 rings (SSSR count). The van der Waals surface area contributed by atoms with E-state index < -0.39 is 0 Å². The van der Waals surface area contributed by atoms with Gasteiger partial charge >= 0.3 is 0 Å². The maximum Gasteiger partial charge on any atom is 0.191 e. The molecule has 0 amide bonds. The Morgan fingerprint density at radius 2 is 1.92 bits per heavy atom. The Hall–Kier alpha value is -1.57. The molecule has 0 unspecified atom stereocenters. The van der Waals surface area contributed by atoms with Crippen LogP contribution in [0.5, 0.6) is 0 Å². The number of aliphatic imine (C=N–C) groups is 1. The Balaban J connectivity index is 0.00000288. The number of benzene rings is 1. The van der Waals surface area contributed by atoms with Crippen LogP contribution >= 0.6 is 24.0 Å². The zero-order valence-corrected chi connectivity index (χ0v) is 17.2. The van der Waals surface area contributed by atoms with E-state index >= 15 is 0 Å². The minimum atomic E-state index is 0. The van der Waals surface area contributed by atoms with Gasteiger partial charge in [-0.05, 0) is 45.2 Å². The van der Waals surface area contributed by atoms with Crippen molar-refractivity contribution in [2.45, 2.75) is 40.7 Å². The third-order valence-corrected chi connectivity index (χ3v) is 3.86. The van der Waals surface area contributed by atoms with Crippen molar-refractivity contribution in [1.29, 1.82) is 0 Å². The van der Waals surface area contributed by atoms with E-state index in [9.17, 15) is 0 Å². The fourth-order valence-electron chi connectivity index (χ4n) is 2.46. The highest BCUT2D eigenvalue weighted by Crippen LogP contribution is 2.12. The molecule has 2 aromatic rings. The van der Waals surface area contributed by atoms with Gasteiger partial charge in [0, 0.05) is 18.7 Å². The molecule has 0 radical (unpaired) electrons. The van der Waals surface area contributed by atoms with Crippen LogP contribution in [0.4, 0.5) is 0 Å². The van der Waals surface area contributed by atoms with Gasteiger partial charge in [0.05, 0.1) is 12.2 Å². The van der Waals surface area contributed by atoms with Crippen LogP contribution in [0.1, 0.15) is 35.1 Å². The summed E-state index contributed by atoms with van der Waals surface area (Å²) < 4.78 is 5.20. The first-order valence-corrected chi connectivity index (χ1v) is 8.10. The predicted molar refractivity (Wildman–Crippen MR) is 109 cm³/mol. The zero-order valence-electron chi connectivity index (χ0n) is 14.8. The Kier molecular flexibility index (Phi) is 8.81. The van der Waals surface area contributed by atoms with Crippen LogP contribution in [-0.2, 0) is 13.0 Å². The van der Waals surface area contributed by atoms with Gasteiger partial charge in [-0.2, -0.15) is 0 Å². The molecule has 0 atom stereocenters. The van der Waals surface area contributed by atoms with Gasteiger partial charge in [-0.1, -0.05) is 29.4 Å². The first-order valence-electron chi connectivity index (χ1n) is 8.10. The highest BCUT2D eigenvalue weighted by Gasteiger charge is 2.08. The van der Waals surface area contributed by atoms with Crippen LogP contribution in [0, 0.1) is 20.8 Å². The molecule has 2 N–H and O–H groups in total. The lowest BCUT2D eigenvalue weighted by Crippen LogP contribution is -2.38. The third-order valence-electron chi connectivity index (χ3n) is 3.86. The summed E-state index contributed by atoms with van der Waals surface area (Å²) >= 11 is 0. The number of hydrogen-bond acceptors (Lipinski definition) is 3. The summed E-state index contributed by atoms with van der Waals surface area (Å²) in [6.45, 7) is 10.4. The molecule has 0 spiro atoms. The summed E-state index contributed by atoms with van der Waals surface area (Å²) in [6, 6.07) is 8.33. The second kappa shape index (κ2) is 10.3. The van der Waals surface area contributed by atoms with Crippen molar-refractivity contribution in [2.24, 2.45) is 4.99 Å². The molecule has 0 fully saturated rings. The number of nitrogens with zero attached hydrogens (tertiary/aromatic N) is 2. The maximum absolute atomic E-state index is 5.20. The highest BCUT2D eigenvalue weighted by atomic mass is 127. The normalized spacial score (nSPS) is 11.1. The number of halogens is 1. The Bertz CT molecular complexity index is 647. The van der Waals surface area contributed by atoms with Gasteiger partial charge in [0.1, 0.15) is 5.76 Å². The molecule has 1 aromatic heterocycles. The first-order chi connectivity index (χ1) is 11.1. The van der Waals surface area contributed by atoms with Crippen LogP contribution in [0.3, 0.4) is 0 Å². The van der Waals surface area contributed by atoms with E-state index in [1.165, 1.54) is 16.7 Å². The molecular weight excluding hydrogens is 415 g/mol. The molecule has 24 heavy (non-hydrogen) atoms. The lowest BCUT2D eigenvalue weighted by molar-refractivity contribution is 0.392. The maximum atomic E-state index is 5.20. The summed E-state index contributed by atoms with van der Waals surface area (Å²) in [5.41, 5.74) is 4.65. The molecule has 0 aliphatic heterocycles. The van der Waals surface area contributed by atoms with Crippen molar-refractivity contribution in [1.82, 2.24) is 15.8 Å². The second-order valence-corrected chi connectivity index (χ2v) is 5.60. The van der Waals surface area contributed by atoms with E-state index in [-0.39, 0.29) is 24.0 Å². The zero-order chi connectivity index (χ0) is 16.7. The van der Waals surface area contributed by atoms with Crippen molar-refractivity contribution < 1.29 is 4.52 Å². The monoisotopic (exact) mass is 442 g/mol. The smallest absolute Gasteiger partial charge is 0.191 e. The minimum absolute atomic E-state index is 0. The Morgan fingerprint density at radius 3 is 2.54 bits per heavy atom. The number of aromatic nitrogens is 1. The van der Waals surface area contributed by atoms with E-state index in [0.717, 1.165) is 36.9 Å². The SMILES string of the molecule is CCNC(=NCc1ccccc1C)NCCc1c(C)noc1C.I. The third kappa shape index (κ3) is 5.81. The fourth-order valence-corrected chi connectivity index (χ4v) is 2.46. The number of guanidine groups is 1. The van der Waals surface area contributed by atoms with E-state index in [0.29, 0.717) is 6.54 Å². The standard InChI is InChI=1S/C18H26N4O.HI/c1-5-19-18(21-12-16-9-7-6-8-13(16)2)20-11-10-17-14(3)22-23-15(17)4;/h6-9H,5,10-12H2,1-4H3,(H2,19,20,21);1H. The summed E-state index contributed by atoms with van der Waals surface area (Å²) in [5, 5.41) is 10.6. The van der Waals surface area contributed by atoms with Crippen LogP contribution in [0.2, 0.25) is 0 Å².